The molecule has 0 aliphatic carbocycles. The van der Waals surface area contributed by atoms with Crippen LogP contribution in [0.1, 0.15) is 20.3 Å². The molecule has 0 radical (unpaired) electrons. The van der Waals surface area contributed by atoms with Crippen LogP contribution in [0.5, 0.6) is 0 Å². The molecule has 0 saturated heterocycles. The van der Waals surface area contributed by atoms with E-state index >= 15 is 0 Å². The van der Waals surface area contributed by atoms with Crippen LogP contribution in [-0.2, 0) is 9.59 Å². The van der Waals surface area contributed by atoms with E-state index in [9.17, 15) is 9.59 Å². The van der Waals surface area contributed by atoms with Gasteiger partial charge in [0.2, 0.25) is 5.91 Å². The van der Waals surface area contributed by atoms with Crippen molar-refractivity contribution in [3.05, 3.63) is 28.7 Å². The van der Waals surface area contributed by atoms with Crippen molar-refractivity contribution in [2.45, 2.75) is 26.3 Å². The van der Waals surface area contributed by atoms with Crippen LogP contribution in [0.15, 0.2) is 28.7 Å². The van der Waals surface area contributed by atoms with Crippen molar-refractivity contribution in [3.8, 4) is 0 Å². The predicted octanol–water partition coefficient (Wildman–Crippen LogP) is 2.57. The smallest absolute Gasteiger partial charge is 0.304 e. The summed E-state index contributed by atoms with van der Waals surface area (Å²) in [5.74, 6) is -1.02. The first-order valence-electron chi connectivity index (χ1n) is 6.40. The number of rotatable bonds is 7. The first kappa shape index (κ1) is 16.7. The highest BCUT2D eigenvalue weighted by Crippen LogP contribution is 2.21. The molecular weight excluding hydrogens is 324 g/mol. The maximum Gasteiger partial charge on any atom is 0.304 e. The minimum Gasteiger partial charge on any atom is -0.481 e. The van der Waals surface area contributed by atoms with Crippen LogP contribution < -0.4 is 5.32 Å². The average Bonchev–Trinajstić information content (AvgIpc) is 2.36. The summed E-state index contributed by atoms with van der Waals surface area (Å²) < 4.78 is 0.815. The normalized spacial score (nSPS) is 10.8. The van der Waals surface area contributed by atoms with E-state index in [0.717, 1.165) is 4.47 Å². The van der Waals surface area contributed by atoms with E-state index in [4.69, 9.17) is 5.11 Å². The highest BCUT2D eigenvalue weighted by molar-refractivity contribution is 9.10. The summed E-state index contributed by atoms with van der Waals surface area (Å²) in [4.78, 5) is 24.5. The molecule has 0 saturated carbocycles. The van der Waals surface area contributed by atoms with E-state index in [-0.39, 0.29) is 24.9 Å². The lowest BCUT2D eigenvalue weighted by molar-refractivity contribution is -0.137. The molecular formula is C14H19BrN2O3. The van der Waals surface area contributed by atoms with Gasteiger partial charge in [0, 0.05) is 17.1 Å². The summed E-state index contributed by atoms with van der Waals surface area (Å²) in [6.07, 6.45) is 0.0283. The monoisotopic (exact) mass is 342 g/mol. The number of anilines is 1. The molecule has 1 amide bonds. The van der Waals surface area contributed by atoms with Crippen molar-refractivity contribution in [1.82, 2.24) is 4.90 Å². The Labute approximate surface area is 127 Å². The zero-order valence-electron chi connectivity index (χ0n) is 11.6. The number of carboxylic acid groups (broad SMARTS) is 1. The van der Waals surface area contributed by atoms with Gasteiger partial charge >= 0.3 is 5.97 Å². The SMILES string of the molecule is CC(C)N(CCC(=O)O)CC(=O)Nc1ccccc1Br. The van der Waals surface area contributed by atoms with E-state index in [2.05, 4.69) is 21.2 Å². The number of halogens is 1. The highest BCUT2D eigenvalue weighted by atomic mass is 79.9. The Kier molecular flexibility index (Phi) is 6.67. The summed E-state index contributed by atoms with van der Waals surface area (Å²) in [6.45, 7) is 4.41. The van der Waals surface area contributed by atoms with Gasteiger partial charge in [0.1, 0.15) is 0 Å². The Bertz CT molecular complexity index is 477. The standard InChI is InChI=1S/C14H19BrN2O3/c1-10(2)17(8-7-14(19)20)9-13(18)16-12-6-4-3-5-11(12)15/h3-6,10H,7-9H2,1-2H3,(H,16,18)(H,19,20). The van der Waals surface area contributed by atoms with Gasteiger partial charge in [-0.2, -0.15) is 0 Å². The Morgan fingerprint density at radius 2 is 2.00 bits per heavy atom. The number of nitrogens with one attached hydrogen (secondary N) is 1. The van der Waals surface area contributed by atoms with Gasteiger partial charge in [-0.1, -0.05) is 12.1 Å². The van der Waals surface area contributed by atoms with E-state index in [1.54, 1.807) is 6.07 Å². The molecule has 0 atom stereocenters. The number of carbonyl (C=O) groups excluding carboxylic acids is 1. The third kappa shape index (κ3) is 5.71. The summed E-state index contributed by atoms with van der Waals surface area (Å²) in [6, 6.07) is 7.47. The lowest BCUT2D eigenvalue weighted by Crippen LogP contribution is -2.39. The fourth-order valence-corrected chi connectivity index (χ4v) is 2.08. The summed E-state index contributed by atoms with van der Waals surface area (Å²) >= 11 is 3.36. The Balaban J connectivity index is 2.58. The fraction of sp³-hybridized carbons (Fsp3) is 0.429. The van der Waals surface area contributed by atoms with Crippen LogP contribution >= 0.6 is 15.9 Å². The van der Waals surface area contributed by atoms with Crippen molar-refractivity contribution in [2.75, 3.05) is 18.4 Å². The molecule has 0 fully saturated rings. The zero-order chi connectivity index (χ0) is 15.1. The number of para-hydroxylation sites is 1. The molecule has 5 nitrogen and oxygen atoms in total. The van der Waals surface area contributed by atoms with Crippen LogP contribution in [0.25, 0.3) is 0 Å². The highest BCUT2D eigenvalue weighted by Gasteiger charge is 2.15. The van der Waals surface area contributed by atoms with Gasteiger partial charge in [-0.15, -0.1) is 0 Å². The van der Waals surface area contributed by atoms with Gasteiger partial charge in [-0.05, 0) is 41.9 Å². The Morgan fingerprint density at radius 3 is 2.55 bits per heavy atom. The second-order valence-electron chi connectivity index (χ2n) is 4.74. The zero-order valence-corrected chi connectivity index (χ0v) is 13.2. The van der Waals surface area contributed by atoms with Gasteiger partial charge in [0.25, 0.3) is 0 Å². The van der Waals surface area contributed by atoms with Gasteiger partial charge in [-0.3, -0.25) is 14.5 Å². The molecule has 0 aliphatic heterocycles. The summed E-state index contributed by atoms with van der Waals surface area (Å²) in [5, 5.41) is 11.5. The number of amides is 1. The van der Waals surface area contributed by atoms with Crippen LogP contribution in [0.4, 0.5) is 5.69 Å². The van der Waals surface area contributed by atoms with E-state index in [1.807, 2.05) is 36.9 Å². The van der Waals surface area contributed by atoms with Crippen LogP contribution in [-0.4, -0.2) is 41.0 Å². The molecule has 0 aromatic heterocycles. The number of carbonyl (C=O) groups is 2. The van der Waals surface area contributed by atoms with Crippen molar-refractivity contribution < 1.29 is 14.7 Å². The van der Waals surface area contributed by atoms with Gasteiger partial charge in [0.05, 0.1) is 18.7 Å². The first-order chi connectivity index (χ1) is 9.40. The minimum absolute atomic E-state index is 0.0283. The average molecular weight is 343 g/mol. The quantitative estimate of drug-likeness (QED) is 0.798. The minimum atomic E-state index is -0.859. The van der Waals surface area contributed by atoms with Gasteiger partial charge in [-0.25, -0.2) is 0 Å². The molecule has 0 heterocycles. The summed E-state index contributed by atoms with van der Waals surface area (Å²) in [7, 11) is 0. The van der Waals surface area contributed by atoms with Crippen LogP contribution in [0, 0.1) is 0 Å². The van der Waals surface area contributed by atoms with Crippen LogP contribution in [0.3, 0.4) is 0 Å². The second kappa shape index (κ2) is 8.01. The Morgan fingerprint density at radius 1 is 1.35 bits per heavy atom. The predicted molar refractivity (Wildman–Crippen MR) is 81.7 cm³/mol. The van der Waals surface area contributed by atoms with Crippen molar-refractivity contribution in [3.63, 3.8) is 0 Å². The number of aliphatic carboxylic acids is 1. The molecule has 20 heavy (non-hydrogen) atoms. The van der Waals surface area contributed by atoms with E-state index in [1.165, 1.54) is 0 Å². The van der Waals surface area contributed by atoms with E-state index < -0.39 is 5.97 Å². The molecule has 1 rings (SSSR count). The Hall–Kier alpha value is -1.40. The number of hydrogen-bond acceptors (Lipinski definition) is 3. The molecule has 1 aromatic carbocycles. The molecule has 110 valence electrons. The molecule has 0 aliphatic rings. The lowest BCUT2D eigenvalue weighted by atomic mass is 10.2. The maximum absolute atomic E-state index is 12.0. The fourth-order valence-electron chi connectivity index (χ4n) is 1.70. The summed E-state index contributed by atoms with van der Waals surface area (Å²) in [5.41, 5.74) is 0.708. The largest absolute Gasteiger partial charge is 0.481 e. The topological polar surface area (TPSA) is 69.6 Å². The molecule has 0 spiro atoms. The van der Waals surface area contributed by atoms with Crippen LogP contribution in [0.2, 0.25) is 0 Å². The van der Waals surface area contributed by atoms with Crippen molar-refractivity contribution >= 4 is 33.5 Å². The van der Waals surface area contributed by atoms with Crippen molar-refractivity contribution in [2.24, 2.45) is 0 Å². The number of carboxylic acids is 1. The second-order valence-corrected chi connectivity index (χ2v) is 5.59. The first-order valence-corrected chi connectivity index (χ1v) is 7.19. The molecule has 1 aromatic rings. The molecule has 2 N–H and O–H groups in total. The molecule has 0 bridgehead atoms. The van der Waals surface area contributed by atoms with Crippen molar-refractivity contribution in [1.29, 1.82) is 0 Å². The number of benzene rings is 1. The van der Waals surface area contributed by atoms with Gasteiger partial charge in [0.15, 0.2) is 0 Å². The van der Waals surface area contributed by atoms with Gasteiger partial charge < -0.3 is 10.4 Å². The third-order valence-corrected chi connectivity index (χ3v) is 3.53. The maximum atomic E-state index is 12.0. The number of nitrogens with zero attached hydrogens (tertiary/aromatic N) is 1. The third-order valence-electron chi connectivity index (χ3n) is 2.84. The molecule has 0 unspecified atom stereocenters. The lowest BCUT2D eigenvalue weighted by Gasteiger charge is -2.25. The number of hydrogen-bond donors (Lipinski definition) is 2. The molecule has 6 heteroatoms. The van der Waals surface area contributed by atoms with E-state index in [0.29, 0.717) is 12.2 Å².